The number of ether oxygens (including phenoxy) is 2. The van der Waals surface area contributed by atoms with Crippen molar-refractivity contribution in [3.8, 4) is 0 Å². The van der Waals surface area contributed by atoms with Crippen LogP contribution in [0.15, 0.2) is 23.1 Å². The van der Waals surface area contributed by atoms with Gasteiger partial charge in [-0.1, -0.05) is 0 Å². The molecule has 0 aliphatic heterocycles. The quantitative estimate of drug-likeness (QED) is 0.469. The number of carbonyl (C=O) groups is 1. The van der Waals surface area contributed by atoms with Crippen LogP contribution in [0.25, 0.3) is 0 Å². The zero-order chi connectivity index (χ0) is 19.7. The number of anilines is 1. The van der Waals surface area contributed by atoms with Crippen molar-refractivity contribution < 1.29 is 27.8 Å². The van der Waals surface area contributed by atoms with Gasteiger partial charge in [-0.3, -0.25) is 0 Å². The minimum Gasteiger partial charge on any atom is -0.478 e. The molecule has 0 aliphatic carbocycles. The third kappa shape index (κ3) is 7.28. The van der Waals surface area contributed by atoms with Crippen molar-refractivity contribution in [2.45, 2.75) is 44.2 Å². The number of carboxylic acid groups (broad SMARTS) is 1. The number of methoxy groups -OCH3 is 1. The van der Waals surface area contributed by atoms with Gasteiger partial charge in [-0.25, -0.2) is 17.9 Å². The van der Waals surface area contributed by atoms with Crippen molar-refractivity contribution in [1.29, 1.82) is 0 Å². The molecule has 8 nitrogen and oxygen atoms in total. The van der Waals surface area contributed by atoms with E-state index in [2.05, 4.69) is 10.0 Å². The topological polar surface area (TPSA) is 114 Å². The summed E-state index contributed by atoms with van der Waals surface area (Å²) in [7, 11) is -2.25. The van der Waals surface area contributed by atoms with Crippen LogP contribution < -0.4 is 10.0 Å². The molecular formula is C17H28N2O6S. The maximum atomic E-state index is 12.4. The summed E-state index contributed by atoms with van der Waals surface area (Å²) in [4.78, 5) is 11.4. The van der Waals surface area contributed by atoms with Crippen LogP contribution in [-0.2, 0) is 19.5 Å². The highest BCUT2D eigenvalue weighted by Crippen LogP contribution is 2.21. The van der Waals surface area contributed by atoms with Gasteiger partial charge in [0.05, 0.1) is 23.2 Å². The van der Waals surface area contributed by atoms with E-state index in [1.165, 1.54) is 12.1 Å². The van der Waals surface area contributed by atoms with Crippen LogP contribution in [0.2, 0.25) is 0 Å². The number of hydrogen-bond acceptors (Lipinski definition) is 6. The summed E-state index contributed by atoms with van der Waals surface area (Å²) in [6.45, 7) is 6.68. The number of benzene rings is 1. The number of sulfonamides is 1. The first kappa shape index (κ1) is 22.4. The van der Waals surface area contributed by atoms with Crippen LogP contribution in [-0.4, -0.2) is 58.5 Å². The lowest BCUT2D eigenvalue weighted by atomic mass is 10.1. The highest BCUT2D eigenvalue weighted by molar-refractivity contribution is 7.89. The Morgan fingerprint density at radius 3 is 2.54 bits per heavy atom. The lowest BCUT2D eigenvalue weighted by molar-refractivity contribution is 0.0697. The molecule has 0 bridgehead atoms. The maximum absolute atomic E-state index is 12.4. The molecule has 0 heterocycles. The lowest BCUT2D eigenvalue weighted by Crippen LogP contribution is -2.26. The molecule has 0 unspecified atom stereocenters. The lowest BCUT2D eigenvalue weighted by Gasteiger charge is -2.17. The first-order chi connectivity index (χ1) is 12.2. The van der Waals surface area contributed by atoms with Crippen LogP contribution in [0.1, 0.15) is 37.6 Å². The molecule has 148 valence electrons. The second-order valence-electron chi connectivity index (χ2n) is 6.18. The monoisotopic (exact) mass is 388 g/mol. The number of rotatable bonds is 12. The van der Waals surface area contributed by atoms with Crippen molar-refractivity contribution in [3.05, 3.63) is 23.8 Å². The average molecular weight is 388 g/mol. The van der Waals surface area contributed by atoms with Gasteiger partial charge in [0.2, 0.25) is 10.0 Å². The van der Waals surface area contributed by atoms with Crippen molar-refractivity contribution in [2.24, 2.45) is 0 Å². The number of aromatic carboxylic acids is 1. The first-order valence-electron chi connectivity index (χ1n) is 8.41. The maximum Gasteiger partial charge on any atom is 0.337 e. The summed E-state index contributed by atoms with van der Waals surface area (Å²) in [6, 6.07) is 3.85. The van der Waals surface area contributed by atoms with Gasteiger partial charge in [-0.15, -0.1) is 0 Å². The Balaban J connectivity index is 2.85. The highest BCUT2D eigenvalue weighted by Gasteiger charge is 2.19. The van der Waals surface area contributed by atoms with Crippen LogP contribution in [0.5, 0.6) is 0 Å². The molecule has 0 amide bonds. The van der Waals surface area contributed by atoms with Gasteiger partial charge in [-0.2, -0.15) is 0 Å². The summed E-state index contributed by atoms with van der Waals surface area (Å²) in [5.41, 5.74) is 0.227. The zero-order valence-corrected chi connectivity index (χ0v) is 16.4. The molecule has 0 aromatic heterocycles. The number of carboxylic acids is 1. The Morgan fingerprint density at radius 2 is 1.96 bits per heavy atom. The van der Waals surface area contributed by atoms with Crippen molar-refractivity contribution in [1.82, 2.24) is 4.72 Å². The standard InChI is InChI=1S/C17H28N2O6S/c1-12(2)25-9-5-8-18-26(22,23)14-6-7-16(15(10-14)17(20)21)19-13(3)11-24-4/h6-7,10,12-13,18-19H,5,8-9,11H2,1-4H3,(H,20,21)/t13-/m0/s1. The van der Waals surface area contributed by atoms with Crippen LogP contribution in [0.4, 0.5) is 5.69 Å². The summed E-state index contributed by atoms with van der Waals surface area (Å²) in [6.07, 6.45) is 0.613. The minimum absolute atomic E-state index is 0.0882. The van der Waals surface area contributed by atoms with Crippen LogP contribution in [0.3, 0.4) is 0 Å². The highest BCUT2D eigenvalue weighted by atomic mass is 32.2. The van der Waals surface area contributed by atoms with Gasteiger partial charge in [-0.05, 0) is 45.4 Å². The Kier molecular flexibility index (Phi) is 9.00. The molecule has 0 fully saturated rings. The largest absolute Gasteiger partial charge is 0.478 e. The van der Waals surface area contributed by atoms with E-state index in [1.807, 2.05) is 20.8 Å². The van der Waals surface area contributed by atoms with Crippen molar-refractivity contribution in [2.75, 3.05) is 32.2 Å². The SMILES string of the molecule is COC[C@H](C)Nc1ccc(S(=O)(=O)NCCCOC(C)C)cc1C(=O)O. The van der Waals surface area contributed by atoms with E-state index in [-0.39, 0.29) is 29.1 Å². The molecule has 26 heavy (non-hydrogen) atoms. The summed E-state index contributed by atoms with van der Waals surface area (Å²) < 4.78 is 37.5. The van der Waals surface area contributed by atoms with Gasteiger partial charge in [0, 0.05) is 32.0 Å². The Hall–Kier alpha value is -1.68. The fourth-order valence-electron chi connectivity index (χ4n) is 2.23. The fraction of sp³-hybridized carbons (Fsp3) is 0.588. The van der Waals surface area contributed by atoms with Crippen molar-refractivity contribution >= 4 is 21.7 Å². The smallest absolute Gasteiger partial charge is 0.337 e. The van der Waals surface area contributed by atoms with Gasteiger partial charge < -0.3 is 19.9 Å². The fourth-order valence-corrected chi connectivity index (χ4v) is 3.33. The third-order valence-corrected chi connectivity index (χ3v) is 4.87. The van der Waals surface area contributed by atoms with Crippen LogP contribution >= 0.6 is 0 Å². The Morgan fingerprint density at radius 1 is 1.27 bits per heavy atom. The van der Waals surface area contributed by atoms with E-state index in [4.69, 9.17) is 9.47 Å². The van der Waals surface area contributed by atoms with E-state index < -0.39 is 16.0 Å². The first-order valence-corrected chi connectivity index (χ1v) is 9.89. The molecule has 0 aliphatic rings. The predicted octanol–water partition coefficient (Wildman–Crippen LogP) is 1.93. The molecule has 1 rings (SSSR count). The van der Waals surface area contributed by atoms with Gasteiger partial charge in [0.1, 0.15) is 0 Å². The number of nitrogens with one attached hydrogen (secondary N) is 2. The van der Waals surface area contributed by atoms with Gasteiger partial charge >= 0.3 is 5.97 Å². The molecule has 0 radical (unpaired) electrons. The molecule has 0 saturated carbocycles. The summed E-state index contributed by atoms with van der Waals surface area (Å²) >= 11 is 0. The number of hydrogen-bond donors (Lipinski definition) is 3. The molecule has 1 atom stereocenters. The molecule has 0 saturated heterocycles. The molecule has 1 aromatic carbocycles. The zero-order valence-electron chi connectivity index (χ0n) is 15.6. The Bertz CT molecular complexity index is 690. The normalized spacial score (nSPS) is 13.0. The molecule has 3 N–H and O–H groups in total. The second-order valence-corrected chi connectivity index (χ2v) is 7.95. The molecule has 9 heteroatoms. The molecule has 0 spiro atoms. The van der Waals surface area contributed by atoms with Crippen LogP contribution in [0, 0.1) is 0 Å². The van der Waals surface area contributed by atoms with E-state index in [1.54, 1.807) is 7.11 Å². The van der Waals surface area contributed by atoms with Gasteiger partial charge in [0.15, 0.2) is 0 Å². The molecule has 1 aromatic rings. The predicted molar refractivity (Wildman–Crippen MR) is 99.3 cm³/mol. The summed E-state index contributed by atoms with van der Waals surface area (Å²) in [5.74, 6) is -1.21. The van der Waals surface area contributed by atoms with E-state index in [0.29, 0.717) is 25.3 Å². The van der Waals surface area contributed by atoms with E-state index in [9.17, 15) is 18.3 Å². The third-order valence-electron chi connectivity index (χ3n) is 3.41. The molecular weight excluding hydrogens is 360 g/mol. The van der Waals surface area contributed by atoms with E-state index in [0.717, 1.165) is 6.07 Å². The van der Waals surface area contributed by atoms with E-state index >= 15 is 0 Å². The van der Waals surface area contributed by atoms with Gasteiger partial charge in [0.25, 0.3) is 0 Å². The summed E-state index contributed by atoms with van der Waals surface area (Å²) in [5, 5.41) is 12.4. The van der Waals surface area contributed by atoms with Crippen molar-refractivity contribution in [3.63, 3.8) is 0 Å². The second kappa shape index (κ2) is 10.5. The minimum atomic E-state index is -3.79. The average Bonchev–Trinajstić information content (AvgIpc) is 2.54. The Labute approximate surface area is 154 Å².